The highest BCUT2D eigenvalue weighted by atomic mass is 32.2. The van der Waals surface area contributed by atoms with Crippen LogP contribution in [0.2, 0.25) is 0 Å². The van der Waals surface area contributed by atoms with E-state index in [1.807, 2.05) is 12.1 Å². The van der Waals surface area contributed by atoms with Crippen LogP contribution < -0.4 is 14.8 Å². The molecular formula is C17H18N4O3S2. The van der Waals surface area contributed by atoms with Gasteiger partial charge in [0.15, 0.2) is 10.8 Å². The average molecular weight is 390 g/mol. The maximum atomic E-state index is 13.2. The van der Waals surface area contributed by atoms with Crippen LogP contribution in [-0.4, -0.2) is 25.5 Å². The van der Waals surface area contributed by atoms with Crippen molar-refractivity contribution in [3.8, 4) is 5.75 Å². The molecule has 136 valence electrons. The summed E-state index contributed by atoms with van der Waals surface area (Å²) in [7, 11) is -2.32. The van der Waals surface area contributed by atoms with E-state index in [-0.39, 0.29) is 11.6 Å². The van der Waals surface area contributed by atoms with Crippen molar-refractivity contribution in [3.05, 3.63) is 58.5 Å². The molecule has 0 aliphatic carbocycles. The summed E-state index contributed by atoms with van der Waals surface area (Å²) in [4.78, 5) is 8.18. The number of benzene rings is 1. The topological polar surface area (TPSA) is 98.4 Å². The maximum absolute atomic E-state index is 13.2. The monoisotopic (exact) mass is 390 g/mol. The molecule has 0 saturated heterocycles. The Labute approximate surface area is 156 Å². The fraction of sp³-hybridized carbons (Fsp3) is 0.176. The molecule has 0 bridgehead atoms. The van der Waals surface area contributed by atoms with Crippen molar-refractivity contribution in [1.29, 1.82) is 0 Å². The molecule has 0 aliphatic heterocycles. The summed E-state index contributed by atoms with van der Waals surface area (Å²) >= 11 is 1.32. The first-order valence-corrected chi connectivity index (χ1v) is 10.1. The van der Waals surface area contributed by atoms with Crippen LogP contribution in [0.15, 0.2) is 52.4 Å². The van der Waals surface area contributed by atoms with E-state index < -0.39 is 10.0 Å². The molecule has 1 aromatic carbocycles. The van der Waals surface area contributed by atoms with Gasteiger partial charge in [0.25, 0.3) is 10.0 Å². The summed E-state index contributed by atoms with van der Waals surface area (Å²) in [5, 5.41) is 1.62. The Hall–Kier alpha value is -2.65. The Morgan fingerprint density at radius 2 is 1.96 bits per heavy atom. The number of sulfonamides is 1. The highest BCUT2D eigenvalue weighted by molar-refractivity contribution is 7.92. The number of aryl methyl sites for hydroxylation is 1. The van der Waals surface area contributed by atoms with Crippen molar-refractivity contribution >= 4 is 32.9 Å². The fourth-order valence-electron chi connectivity index (χ4n) is 2.31. The highest BCUT2D eigenvalue weighted by Crippen LogP contribution is 2.26. The van der Waals surface area contributed by atoms with E-state index >= 15 is 0 Å². The zero-order valence-corrected chi connectivity index (χ0v) is 15.9. The zero-order chi connectivity index (χ0) is 18.7. The van der Waals surface area contributed by atoms with Crippen LogP contribution in [0.25, 0.3) is 0 Å². The number of thiazole rings is 1. The molecule has 0 radical (unpaired) electrons. The minimum Gasteiger partial charge on any atom is -0.497 e. The number of anilines is 2. The van der Waals surface area contributed by atoms with Crippen molar-refractivity contribution in [2.75, 3.05) is 17.1 Å². The first-order valence-electron chi connectivity index (χ1n) is 7.68. The second-order valence-corrected chi connectivity index (χ2v) is 8.11. The lowest BCUT2D eigenvalue weighted by atomic mass is 10.2. The number of nitrogens with zero attached hydrogens (tertiary/aromatic N) is 3. The maximum Gasteiger partial charge on any atom is 0.283 e. The smallest absolute Gasteiger partial charge is 0.283 e. The number of hydrogen-bond donors (Lipinski definition) is 1. The van der Waals surface area contributed by atoms with Crippen molar-refractivity contribution in [3.63, 3.8) is 0 Å². The number of nitrogen functional groups attached to an aromatic ring is 1. The first kappa shape index (κ1) is 18.2. The van der Waals surface area contributed by atoms with Gasteiger partial charge in [-0.1, -0.05) is 12.1 Å². The third-order valence-corrected chi connectivity index (χ3v) is 6.06. The van der Waals surface area contributed by atoms with Gasteiger partial charge in [-0.25, -0.2) is 14.3 Å². The van der Waals surface area contributed by atoms with Crippen LogP contribution in [-0.2, 0) is 16.6 Å². The minimum absolute atomic E-state index is 0.0642. The molecule has 9 heteroatoms. The molecule has 2 N–H and O–H groups in total. The Balaban J connectivity index is 2.01. The van der Waals surface area contributed by atoms with Crippen LogP contribution in [0.5, 0.6) is 5.75 Å². The fourth-order valence-corrected chi connectivity index (χ4v) is 4.32. The molecule has 3 aromatic rings. The molecule has 0 saturated carbocycles. The van der Waals surface area contributed by atoms with Crippen LogP contribution in [0.3, 0.4) is 0 Å². The van der Waals surface area contributed by atoms with E-state index in [0.29, 0.717) is 22.8 Å². The van der Waals surface area contributed by atoms with Crippen molar-refractivity contribution < 1.29 is 13.2 Å². The molecule has 0 unspecified atom stereocenters. The van der Waals surface area contributed by atoms with Gasteiger partial charge in [-0.15, -0.1) is 11.3 Å². The van der Waals surface area contributed by atoms with Gasteiger partial charge >= 0.3 is 0 Å². The normalized spacial score (nSPS) is 11.3. The number of methoxy groups -OCH3 is 1. The van der Waals surface area contributed by atoms with Gasteiger partial charge in [-0.3, -0.25) is 0 Å². The van der Waals surface area contributed by atoms with Crippen molar-refractivity contribution in [2.45, 2.75) is 18.5 Å². The number of ether oxygens (including phenoxy) is 1. The number of nitrogens with two attached hydrogens (primary N) is 1. The van der Waals surface area contributed by atoms with Gasteiger partial charge in [0, 0.05) is 5.38 Å². The van der Waals surface area contributed by atoms with E-state index in [2.05, 4.69) is 9.97 Å². The molecule has 3 rings (SSSR count). The summed E-state index contributed by atoms with van der Waals surface area (Å²) in [6.07, 6.45) is 1.36. The largest absolute Gasteiger partial charge is 0.497 e. The van der Waals surface area contributed by atoms with Gasteiger partial charge in [-0.05, 0) is 36.2 Å². The van der Waals surface area contributed by atoms with E-state index in [1.54, 1.807) is 37.1 Å². The third-order valence-electron chi connectivity index (χ3n) is 3.84. The van der Waals surface area contributed by atoms with Crippen molar-refractivity contribution in [2.24, 2.45) is 0 Å². The number of pyridine rings is 1. The van der Waals surface area contributed by atoms with Crippen LogP contribution >= 0.6 is 11.3 Å². The molecule has 2 aromatic heterocycles. The van der Waals surface area contributed by atoms with Gasteiger partial charge in [0.2, 0.25) is 0 Å². The summed E-state index contributed by atoms with van der Waals surface area (Å²) < 4.78 is 32.8. The molecule has 0 aliphatic rings. The average Bonchev–Trinajstić information content (AvgIpc) is 3.16. The summed E-state index contributed by atoms with van der Waals surface area (Å²) in [6, 6.07) is 8.67. The SMILES string of the molecule is COc1ccc(CN(c2cscn2)S(=O)(=O)c2cc(C)c(N)cn2)cc1. The molecule has 0 fully saturated rings. The Kier molecular flexibility index (Phi) is 5.10. The molecule has 0 spiro atoms. The molecular weight excluding hydrogens is 372 g/mol. The van der Waals surface area contributed by atoms with Gasteiger partial charge < -0.3 is 10.5 Å². The predicted octanol–water partition coefficient (Wildman–Crippen LogP) is 2.83. The lowest BCUT2D eigenvalue weighted by Crippen LogP contribution is -2.31. The summed E-state index contributed by atoms with van der Waals surface area (Å²) in [5.41, 5.74) is 9.25. The lowest BCUT2D eigenvalue weighted by molar-refractivity contribution is 0.414. The summed E-state index contributed by atoms with van der Waals surface area (Å²) in [5.74, 6) is 1.05. The standard InChI is InChI=1S/C17H18N4O3S2/c1-12-7-17(19-8-15(12)18)26(22,23)21(16-10-25-11-20-16)9-13-3-5-14(24-2)6-4-13/h3-8,10-11H,9,18H2,1-2H3. The third kappa shape index (κ3) is 3.63. The molecule has 0 amide bonds. The van der Waals surface area contributed by atoms with Gasteiger partial charge in [0.05, 0.1) is 31.0 Å². The predicted molar refractivity (Wildman–Crippen MR) is 102 cm³/mol. The Morgan fingerprint density at radius 3 is 2.54 bits per heavy atom. The van der Waals surface area contributed by atoms with E-state index in [9.17, 15) is 8.42 Å². The Morgan fingerprint density at radius 1 is 1.23 bits per heavy atom. The van der Waals surface area contributed by atoms with Crippen molar-refractivity contribution in [1.82, 2.24) is 9.97 Å². The second kappa shape index (κ2) is 7.30. The lowest BCUT2D eigenvalue weighted by Gasteiger charge is -2.22. The number of rotatable bonds is 6. The van der Waals surface area contributed by atoms with Gasteiger partial charge in [0.1, 0.15) is 5.75 Å². The van der Waals surface area contributed by atoms with Gasteiger partial charge in [-0.2, -0.15) is 8.42 Å². The van der Waals surface area contributed by atoms with E-state index in [1.165, 1.54) is 27.9 Å². The molecule has 7 nitrogen and oxygen atoms in total. The quantitative estimate of drug-likeness (QED) is 0.695. The van der Waals surface area contributed by atoms with Crippen LogP contribution in [0.4, 0.5) is 11.5 Å². The Bertz CT molecular complexity index is 987. The second-order valence-electron chi connectivity index (χ2n) is 5.59. The minimum atomic E-state index is -3.90. The highest BCUT2D eigenvalue weighted by Gasteiger charge is 2.28. The first-order chi connectivity index (χ1) is 12.4. The number of hydrogen-bond acceptors (Lipinski definition) is 7. The van der Waals surface area contributed by atoms with Crippen LogP contribution in [0, 0.1) is 6.92 Å². The number of aromatic nitrogens is 2. The molecule has 2 heterocycles. The molecule has 0 atom stereocenters. The van der Waals surface area contributed by atoms with Crippen LogP contribution in [0.1, 0.15) is 11.1 Å². The zero-order valence-electron chi connectivity index (χ0n) is 14.3. The molecule has 26 heavy (non-hydrogen) atoms. The summed E-state index contributed by atoms with van der Waals surface area (Å²) in [6.45, 7) is 1.87. The van der Waals surface area contributed by atoms with E-state index in [0.717, 1.165) is 5.56 Å². The van der Waals surface area contributed by atoms with E-state index in [4.69, 9.17) is 10.5 Å².